The second-order valence-electron chi connectivity index (χ2n) is 4.27. The van der Waals surface area contributed by atoms with Crippen LogP contribution in [0.5, 0.6) is 0 Å². The van der Waals surface area contributed by atoms with Gasteiger partial charge in [0.2, 0.25) is 0 Å². The number of hydrogen-bond donors (Lipinski definition) is 1. The largest absolute Gasteiger partial charge is 0.327 e. The fourth-order valence-corrected chi connectivity index (χ4v) is 2.53. The summed E-state index contributed by atoms with van der Waals surface area (Å²) in [5.41, 5.74) is 9.39. The molecule has 1 atom stereocenters. The number of allylic oxidation sites excluding steroid dienone is 1. The fourth-order valence-electron chi connectivity index (χ4n) is 2.53. The van der Waals surface area contributed by atoms with Gasteiger partial charge in [-0.3, -0.25) is 0 Å². The van der Waals surface area contributed by atoms with Crippen LogP contribution in [0.3, 0.4) is 0 Å². The monoisotopic (exact) mass is 165 g/mol. The summed E-state index contributed by atoms with van der Waals surface area (Å²) in [7, 11) is 0. The zero-order valence-corrected chi connectivity index (χ0v) is 7.81. The number of hydrogen-bond acceptors (Lipinski definition) is 1. The third kappa shape index (κ3) is 1.71. The minimum absolute atomic E-state index is 0.481. The van der Waals surface area contributed by atoms with Crippen molar-refractivity contribution in [2.75, 3.05) is 0 Å². The molecule has 2 rings (SSSR count). The van der Waals surface area contributed by atoms with Crippen LogP contribution in [0.15, 0.2) is 11.1 Å². The smallest absolute Gasteiger partial charge is 0.00792 e. The van der Waals surface area contributed by atoms with E-state index in [1.165, 1.54) is 51.4 Å². The van der Waals surface area contributed by atoms with Gasteiger partial charge in [-0.1, -0.05) is 17.6 Å². The second kappa shape index (κ2) is 3.61. The van der Waals surface area contributed by atoms with Crippen LogP contribution in [0.1, 0.15) is 51.4 Å². The lowest BCUT2D eigenvalue weighted by Crippen LogP contribution is -2.13. The molecule has 12 heavy (non-hydrogen) atoms. The summed E-state index contributed by atoms with van der Waals surface area (Å²) in [6.45, 7) is 0. The quantitative estimate of drug-likeness (QED) is 0.549. The Morgan fingerprint density at radius 2 is 1.67 bits per heavy atom. The molecule has 2 aliphatic carbocycles. The third-order valence-corrected chi connectivity index (χ3v) is 3.28. The molecule has 2 saturated carbocycles. The average molecular weight is 165 g/mol. The van der Waals surface area contributed by atoms with E-state index in [1.54, 1.807) is 11.1 Å². The first kappa shape index (κ1) is 8.31. The van der Waals surface area contributed by atoms with E-state index < -0.39 is 0 Å². The van der Waals surface area contributed by atoms with E-state index in [9.17, 15) is 0 Å². The second-order valence-corrected chi connectivity index (χ2v) is 4.27. The van der Waals surface area contributed by atoms with Crippen LogP contribution in [0.2, 0.25) is 0 Å². The molecule has 1 unspecified atom stereocenters. The van der Waals surface area contributed by atoms with Crippen LogP contribution in [0.25, 0.3) is 0 Å². The third-order valence-electron chi connectivity index (χ3n) is 3.28. The molecule has 0 saturated heterocycles. The first-order valence-electron chi connectivity index (χ1n) is 5.31. The SMILES string of the molecule is NC1CCC(=C2CCCCC2)C1. The van der Waals surface area contributed by atoms with Gasteiger partial charge in [0.05, 0.1) is 0 Å². The molecule has 0 aliphatic heterocycles. The molecule has 0 aromatic rings. The predicted octanol–water partition coefficient (Wildman–Crippen LogP) is 2.76. The highest BCUT2D eigenvalue weighted by atomic mass is 14.6. The van der Waals surface area contributed by atoms with Crippen molar-refractivity contribution in [3.8, 4) is 0 Å². The maximum atomic E-state index is 5.90. The summed E-state index contributed by atoms with van der Waals surface area (Å²) in [5, 5.41) is 0. The molecule has 2 aliphatic rings. The molecule has 0 aromatic carbocycles. The Bertz CT molecular complexity index is 180. The van der Waals surface area contributed by atoms with E-state index in [0.29, 0.717) is 6.04 Å². The van der Waals surface area contributed by atoms with Crippen LogP contribution in [-0.2, 0) is 0 Å². The minimum Gasteiger partial charge on any atom is -0.327 e. The highest BCUT2D eigenvalue weighted by Gasteiger charge is 2.19. The summed E-state index contributed by atoms with van der Waals surface area (Å²) in [4.78, 5) is 0. The van der Waals surface area contributed by atoms with Gasteiger partial charge in [-0.2, -0.15) is 0 Å². The summed E-state index contributed by atoms with van der Waals surface area (Å²) in [5.74, 6) is 0. The first-order valence-corrected chi connectivity index (χ1v) is 5.31. The summed E-state index contributed by atoms with van der Waals surface area (Å²) in [6, 6.07) is 0.481. The van der Waals surface area contributed by atoms with Crippen LogP contribution in [0, 0.1) is 0 Å². The molecular weight excluding hydrogens is 146 g/mol. The van der Waals surface area contributed by atoms with Gasteiger partial charge in [0.1, 0.15) is 0 Å². The van der Waals surface area contributed by atoms with E-state index >= 15 is 0 Å². The maximum absolute atomic E-state index is 5.90. The summed E-state index contributed by atoms with van der Waals surface area (Å²) >= 11 is 0. The summed E-state index contributed by atoms with van der Waals surface area (Å²) < 4.78 is 0. The van der Waals surface area contributed by atoms with Crippen molar-refractivity contribution >= 4 is 0 Å². The predicted molar refractivity (Wildman–Crippen MR) is 51.9 cm³/mol. The Labute approximate surface area is 75.0 Å². The molecule has 0 spiro atoms. The summed E-state index contributed by atoms with van der Waals surface area (Å²) in [6.07, 6.45) is 10.8. The fraction of sp³-hybridized carbons (Fsp3) is 0.818. The van der Waals surface area contributed by atoms with Crippen molar-refractivity contribution in [2.24, 2.45) is 5.73 Å². The Balaban J connectivity index is 2.03. The van der Waals surface area contributed by atoms with Gasteiger partial charge in [-0.15, -0.1) is 0 Å². The molecule has 0 heterocycles. The van der Waals surface area contributed by atoms with E-state index in [1.807, 2.05) is 0 Å². The van der Waals surface area contributed by atoms with Crippen molar-refractivity contribution in [2.45, 2.75) is 57.4 Å². The van der Waals surface area contributed by atoms with Crippen LogP contribution < -0.4 is 5.73 Å². The molecule has 0 aromatic heterocycles. The lowest BCUT2D eigenvalue weighted by molar-refractivity contribution is 0.590. The van der Waals surface area contributed by atoms with Gasteiger partial charge < -0.3 is 5.73 Å². The van der Waals surface area contributed by atoms with Crippen molar-refractivity contribution in [1.82, 2.24) is 0 Å². The topological polar surface area (TPSA) is 26.0 Å². The molecule has 2 fully saturated rings. The Morgan fingerprint density at radius 1 is 0.917 bits per heavy atom. The van der Waals surface area contributed by atoms with Crippen LogP contribution in [0.4, 0.5) is 0 Å². The van der Waals surface area contributed by atoms with Gasteiger partial charge in [-0.25, -0.2) is 0 Å². The lowest BCUT2D eigenvalue weighted by atomic mass is 9.90. The van der Waals surface area contributed by atoms with E-state index in [-0.39, 0.29) is 0 Å². The van der Waals surface area contributed by atoms with Gasteiger partial charge in [-0.05, 0) is 44.9 Å². The van der Waals surface area contributed by atoms with Crippen molar-refractivity contribution in [3.63, 3.8) is 0 Å². The highest BCUT2D eigenvalue weighted by Crippen LogP contribution is 2.33. The Hall–Kier alpha value is -0.300. The van der Waals surface area contributed by atoms with E-state index in [2.05, 4.69) is 0 Å². The maximum Gasteiger partial charge on any atom is 0.00792 e. The lowest BCUT2D eigenvalue weighted by Gasteiger charge is -2.16. The molecule has 1 nitrogen and oxygen atoms in total. The zero-order valence-electron chi connectivity index (χ0n) is 7.81. The average Bonchev–Trinajstić information content (AvgIpc) is 2.54. The molecular formula is C11H19N. The van der Waals surface area contributed by atoms with E-state index in [4.69, 9.17) is 5.73 Å². The van der Waals surface area contributed by atoms with Crippen LogP contribution >= 0.6 is 0 Å². The van der Waals surface area contributed by atoms with Crippen molar-refractivity contribution in [3.05, 3.63) is 11.1 Å². The van der Waals surface area contributed by atoms with Crippen LogP contribution in [-0.4, -0.2) is 6.04 Å². The van der Waals surface area contributed by atoms with Gasteiger partial charge in [0.25, 0.3) is 0 Å². The molecule has 0 amide bonds. The Kier molecular flexibility index (Phi) is 2.50. The van der Waals surface area contributed by atoms with Gasteiger partial charge in [0.15, 0.2) is 0 Å². The first-order chi connectivity index (χ1) is 5.86. The van der Waals surface area contributed by atoms with Gasteiger partial charge in [0, 0.05) is 6.04 Å². The zero-order chi connectivity index (χ0) is 8.39. The Morgan fingerprint density at radius 3 is 2.25 bits per heavy atom. The number of rotatable bonds is 0. The standard InChI is InChI=1S/C11H19N/c12-11-7-6-10(8-11)9-4-2-1-3-5-9/h11H,1-8,12H2. The normalized spacial score (nSPS) is 31.2. The number of nitrogens with two attached hydrogens (primary N) is 1. The molecule has 2 N–H and O–H groups in total. The van der Waals surface area contributed by atoms with Gasteiger partial charge >= 0.3 is 0 Å². The van der Waals surface area contributed by atoms with Crippen molar-refractivity contribution < 1.29 is 0 Å². The highest BCUT2D eigenvalue weighted by molar-refractivity contribution is 5.20. The minimum atomic E-state index is 0.481. The molecule has 1 heteroatoms. The van der Waals surface area contributed by atoms with E-state index in [0.717, 1.165) is 0 Å². The molecule has 0 bridgehead atoms. The molecule has 68 valence electrons. The molecule has 0 radical (unpaired) electrons. The van der Waals surface area contributed by atoms with Crippen molar-refractivity contribution in [1.29, 1.82) is 0 Å².